The molecule has 4 rings (SSSR count). The maximum atomic E-state index is 12.8. The molecular weight excluding hydrogens is 356 g/mol. The predicted octanol–water partition coefficient (Wildman–Crippen LogP) is 3.65. The first-order chi connectivity index (χ1) is 13.6. The number of para-hydroxylation sites is 1. The molecule has 0 aliphatic carbocycles. The van der Waals surface area contributed by atoms with Gasteiger partial charge in [0.2, 0.25) is 0 Å². The van der Waals surface area contributed by atoms with Crippen LogP contribution in [0.15, 0.2) is 53.3 Å². The quantitative estimate of drug-likeness (QED) is 0.710. The summed E-state index contributed by atoms with van der Waals surface area (Å²) >= 11 is 0. The van der Waals surface area contributed by atoms with Crippen LogP contribution in [0.4, 0.5) is 5.69 Å². The highest BCUT2D eigenvalue weighted by molar-refractivity contribution is 6.06. The predicted molar refractivity (Wildman–Crippen MR) is 108 cm³/mol. The van der Waals surface area contributed by atoms with Gasteiger partial charge in [-0.25, -0.2) is 0 Å². The van der Waals surface area contributed by atoms with Crippen LogP contribution in [-0.4, -0.2) is 30.2 Å². The summed E-state index contributed by atoms with van der Waals surface area (Å²) in [5, 5.41) is 3.39. The molecule has 0 bridgehead atoms. The highest BCUT2D eigenvalue weighted by Gasteiger charge is 2.18. The number of ether oxygens (including phenoxy) is 2. The standard InChI is InChI=1S/C22H22N2O4/c1-14-11-20(25)18-12-15(8-9-19(18)23-14)24-22(26)17-6-2-3-7-21(17)28-13-16-5-4-10-27-16/h2-3,6-9,11-12,16H,4-5,10,13H2,1H3,(H,23,25)(H,24,26)/t16-/m1/s1. The average molecular weight is 378 g/mol. The van der Waals surface area contributed by atoms with Crippen molar-refractivity contribution in [1.82, 2.24) is 4.98 Å². The maximum absolute atomic E-state index is 12.8. The Hall–Kier alpha value is -3.12. The molecule has 1 aromatic heterocycles. The molecule has 3 aromatic rings. The molecule has 1 saturated heterocycles. The number of aromatic amines is 1. The number of aromatic nitrogens is 1. The summed E-state index contributed by atoms with van der Waals surface area (Å²) in [7, 11) is 0. The van der Waals surface area contributed by atoms with Crippen molar-refractivity contribution >= 4 is 22.5 Å². The van der Waals surface area contributed by atoms with Gasteiger partial charge < -0.3 is 19.8 Å². The molecule has 0 saturated carbocycles. The number of nitrogens with one attached hydrogen (secondary N) is 2. The number of aryl methyl sites for hydroxylation is 1. The van der Waals surface area contributed by atoms with Crippen molar-refractivity contribution in [2.75, 3.05) is 18.5 Å². The molecule has 1 aliphatic rings. The minimum Gasteiger partial charge on any atom is -0.490 e. The van der Waals surface area contributed by atoms with Crippen LogP contribution < -0.4 is 15.5 Å². The van der Waals surface area contributed by atoms with Gasteiger partial charge in [0.05, 0.1) is 11.7 Å². The summed E-state index contributed by atoms with van der Waals surface area (Å²) in [6, 6.07) is 13.9. The van der Waals surface area contributed by atoms with Crippen molar-refractivity contribution in [2.45, 2.75) is 25.9 Å². The Kier molecular flexibility index (Phi) is 5.12. The topological polar surface area (TPSA) is 80.4 Å². The van der Waals surface area contributed by atoms with Crippen LogP contribution in [-0.2, 0) is 4.74 Å². The summed E-state index contributed by atoms with van der Waals surface area (Å²) in [5.74, 6) is 0.232. The second kappa shape index (κ2) is 7.86. The fraction of sp³-hybridized carbons (Fsp3) is 0.273. The number of carbonyl (C=O) groups excluding carboxylic acids is 1. The van der Waals surface area contributed by atoms with Gasteiger partial charge in [-0.15, -0.1) is 0 Å². The Morgan fingerprint density at radius 1 is 1.25 bits per heavy atom. The minimum absolute atomic E-state index is 0.0757. The first kappa shape index (κ1) is 18.3. The number of amides is 1. The minimum atomic E-state index is -0.286. The van der Waals surface area contributed by atoms with E-state index in [0.717, 1.165) is 30.7 Å². The summed E-state index contributed by atoms with van der Waals surface area (Å²) < 4.78 is 11.4. The summed E-state index contributed by atoms with van der Waals surface area (Å²) in [6.07, 6.45) is 2.09. The number of carbonyl (C=O) groups is 1. The molecule has 6 heteroatoms. The van der Waals surface area contributed by atoms with Crippen LogP contribution in [0.5, 0.6) is 5.75 Å². The zero-order valence-corrected chi connectivity index (χ0v) is 15.7. The number of fused-ring (bicyclic) bond motifs is 1. The zero-order valence-electron chi connectivity index (χ0n) is 15.7. The lowest BCUT2D eigenvalue weighted by molar-refractivity contribution is 0.0673. The molecule has 1 atom stereocenters. The lowest BCUT2D eigenvalue weighted by Crippen LogP contribution is -2.19. The molecule has 1 amide bonds. The number of H-pyrrole nitrogens is 1. The second-order valence-corrected chi connectivity index (χ2v) is 6.97. The van der Waals surface area contributed by atoms with E-state index < -0.39 is 0 Å². The van der Waals surface area contributed by atoms with Gasteiger partial charge in [0.25, 0.3) is 5.91 Å². The molecule has 2 heterocycles. The molecule has 0 radical (unpaired) electrons. The third kappa shape index (κ3) is 3.92. The van der Waals surface area contributed by atoms with Crippen LogP contribution in [0.2, 0.25) is 0 Å². The van der Waals surface area contributed by atoms with Crippen molar-refractivity contribution < 1.29 is 14.3 Å². The number of pyridine rings is 1. The van der Waals surface area contributed by atoms with Gasteiger partial charge in [-0.05, 0) is 50.1 Å². The normalized spacial score (nSPS) is 16.2. The molecule has 1 fully saturated rings. The van der Waals surface area contributed by atoms with E-state index in [1.807, 2.05) is 13.0 Å². The number of anilines is 1. The van der Waals surface area contributed by atoms with E-state index in [1.54, 1.807) is 42.5 Å². The molecule has 0 spiro atoms. The largest absolute Gasteiger partial charge is 0.490 e. The van der Waals surface area contributed by atoms with Gasteiger partial charge in [0.15, 0.2) is 5.43 Å². The van der Waals surface area contributed by atoms with Crippen LogP contribution >= 0.6 is 0 Å². The van der Waals surface area contributed by atoms with E-state index in [2.05, 4.69) is 10.3 Å². The Morgan fingerprint density at radius 3 is 2.93 bits per heavy atom. The Labute approximate surface area is 162 Å². The van der Waals surface area contributed by atoms with Crippen LogP contribution in [0, 0.1) is 6.92 Å². The third-order valence-electron chi connectivity index (χ3n) is 4.80. The fourth-order valence-electron chi connectivity index (χ4n) is 3.39. The molecule has 2 N–H and O–H groups in total. The highest BCUT2D eigenvalue weighted by atomic mass is 16.5. The summed E-state index contributed by atoms with van der Waals surface area (Å²) in [5.41, 5.74) is 2.46. The van der Waals surface area contributed by atoms with Crippen LogP contribution in [0.3, 0.4) is 0 Å². The van der Waals surface area contributed by atoms with Crippen molar-refractivity contribution in [1.29, 1.82) is 0 Å². The first-order valence-corrected chi connectivity index (χ1v) is 9.38. The lowest BCUT2D eigenvalue weighted by Gasteiger charge is -2.14. The van der Waals surface area contributed by atoms with E-state index in [9.17, 15) is 9.59 Å². The number of hydrogen-bond acceptors (Lipinski definition) is 4. The van der Waals surface area contributed by atoms with Gasteiger partial charge in [-0.2, -0.15) is 0 Å². The number of benzene rings is 2. The van der Waals surface area contributed by atoms with Crippen LogP contribution in [0.1, 0.15) is 28.9 Å². The molecule has 28 heavy (non-hydrogen) atoms. The van der Waals surface area contributed by atoms with E-state index in [0.29, 0.717) is 29.0 Å². The zero-order chi connectivity index (χ0) is 19.5. The number of hydrogen-bond donors (Lipinski definition) is 2. The molecule has 0 unspecified atom stereocenters. The molecular formula is C22H22N2O4. The Bertz CT molecular complexity index is 1070. The monoisotopic (exact) mass is 378 g/mol. The van der Waals surface area contributed by atoms with Crippen LogP contribution in [0.25, 0.3) is 10.9 Å². The maximum Gasteiger partial charge on any atom is 0.259 e. The van der Waals surface area contributed by atoms with E-state index >= 15 is 0 Å². The second-order valence-electron chi connectivity index (χ2n) is 6.97. The fourth-order valence-corrected chi connectivity index (χ4v) is 3.39. The average Bonchev–Trinajstić information content (AvgIpc) is 3.20. The van der Waals surface area contributed by atoms with Crippen molar-refractivity contribution in [3.8, 4) is 5.75 Å². The SMILES string of the molecule is Cc1cc(=O)c2cc(NC(=O)c3ccccc3OC[C@H]3CCCO3)ccc2[nH]1. The van der Waals surface area contributed by atoms with Gasteiger partial charge in [-0.1, -0.05) is 12.1 Å². The van der Waals surface area contributed by atoms with E-state index in [4.69, 9.17) is 9.47 Å². The van der Waals surface area contributed by atoms with Gasteiger partial charge in [0.1, 0.15) is 12.4 Å². The molecule has 6 nitrogen and oxygen atoms in total. The molecule has 2 aromatic carbocycles. The highest BCUT2D eigenvalue weighted by Crippen LogP contribution is 2.22. The van der Waals surface area contributed by atoms with Crippen molar-refractivity contribution in [3.05, 3.63) is 70.0 Å². The summed E-state index contributed by atoms with van der Waals surface area (Å²) in [4.78, 5) is 28.2. The Balaban J connectivity index is 1.53. The van der Waals surface area contributed by atoms with Gasteiger partial charge in [-0.3, -0.25) is 9.59 Å². The Morgan fingerprint density at radius 2 is 2.11 bits per heavy atom. The van der Waals surface area contributed by atoms with Crippen molar-refractivity contribution in [3.63, 3.8) is 0 Å². The summed E-state index contributed by atoms with van der Waals surface area (Å²) in [6.45, 7) is 3.02. The van der Waals surface area contributed by atoms with E-state index in [-0.39, 0.29) is 17.4 Å². The molecule has 144 valence electrons. The van der Waals surface area contributed by atoms with Crippen molar-refractivity contribution in [2.24, 2.45) is 0 Å². The molecule has 1 aliphatic heterocycles. The van der Waals surface area contributed by atoms with Gasteiger partial charge in [0, 0.05) is 35.0 Å². The lowest BCUT2D eigenvalue weighted by atomic mass is 10.1. The van der Waals surface area contributed by atoms with Gasteiger partial charge >= 0.3 is 0 Å². The third-order valence-corrected chi connectivity index (χ3v) is 4.80. The first-order valence-electron chi connectivity index (χ1n) is 9.38. The smallest absolute Gasteiger partial charge is 0.259 e. The number of rotatable bonds is 5. The van der Waals surface area contributed by atoms with E-state index in [1.165, 1.54) is 0 Å².